The van der Waals surface area contributed by atoms with Gasteiger partial charge in [0.2, 0.25) is 0 Å². The molecule has 0 saturated carbocycles. The van der Waals surface area contributed by atoms with E-state index in [1.54, 1.807) is 6.33 Å². The molecule has 0 saturated heterocycles. The first kappa shape index (κ1) is 21.1. The van der Waals surface area contributed by atoms with Gasteiger partial charge in [-0.05, 0) is 25.7 Å². The van der Waals surface area contributed by atoms with Crippen LogP contribution in [-0.4, -0.2) is 15.2 Å². The lowest BCUT2D eigenvalue weighted by Gasteiger charge is -2.07. The Morgan fingerprint density at radius 3 is 1.58 bits per heavy atom. The fourth-order valence-corrected chi connectivity index (χ4v) is 3.23. The van der Waals surface area contributed by atoms with Crippen molar-refractivity contribution in [1.82, 2.24) is 15.2 Å². The van der Waals surface area contributed by atoms with E-state index in [9.17, 15) is 0 Å². The van der Waals surface area contributed by atoms with Gasteiger partial charge in [0, 0.05) is 0 Å². The molecule has 1 rings (SSSR count). The van der Waals surface area contributed by atoms with Crippen LogP contribution in [0.1, 0.15) is 115 Å². The smallest absolute Gasteiger partial charge is 0.138 e. The Labute approximate surface area is 150 Å². The molecule has 0 spiro atoms. The topological polar surface area (TPSA) is 38.7 Å². The molecule has 0 aromatic carbocycles. The summed E-state index contributed by atoms with van der Waals surface area (Å²) >= 11 is 0. The predicted octanol–water partition coefficient (Wildman–Crippen LogP) is 6.46. The fraction of sp³-hybridized carbons (Fsp3) is 0.857. The van der Waals surface area contributed by atoms with Crippen molar-refractivity contribution in [1.29, 1.82) is 0 Å². The van der Waals surface area contributed by atoms with Crippen LogP contribution in [0.15, 0.2) is 6.33 Å². The third-order valence-corrected chi connectivity index (χ3v) is 4.81. The first-order valence-electron chi connectivity index (χ1n) is 10.5. The van der Waals surface area contributed by atoms with Crippen LogP contribution >= 0.6 is 0 Å². The highest BCUT2D eigenvalue weighted by molar-refractivity contribution is 5.08. The molecule has 0 N–H and O–H groups in total. The average molecular weight is 334 g/mol. The van der Waals surface area contributed by atoms with E-state index in [0.29, 0.717) is 0 Å². The third kappa shape index (κ3) is 10.7. The number of rotatable bonds is 16. The second-order valence-corrected chi connectivity index (χ2v) is 7.10. The first-order valence-corrected chi connectivity index (χ1v) is 10.5. The Hall–Kier alpha value is -0.990. The normalized spacial score (nSPS) is 11.1. The maximum atomic E-state index is 4.49. The van der Waals surface area contributed by atoms with Crippen LogP contribution in [0, 0.1) is 0 Å². The average Bonchev–Trinajstić information content (AvgIpc) is 2.61. The Bertz CT molecular complexity index is 355. The minimum atomic E-state index is 1.06. The minimum Gasteiger partial charge on any atom is -0.238 e. The van der Waals surface area contributed by atoms with Gasteiger partial charge in [-0.2, -0.15) is 5.10 Å². The lowest BCUT2D eigenvalue weighted by atomic mass is 10.0. The molecule has 1 aromatic heterocycles. The molecule has 1 heterocycles. The molecule has 0 fully saturated rings. The summed E-state index contributed by atoms with van der Waals surface area (Å²) in [7, 11) is 0. The van der Waals surface area contributed by atoms with Gasteiger partial charge in [0.1, 0.15) is 6.33 Å². The summed E-state index contributed by atoms with van der Waals surface area (Å²) in [6.45, 7) is 4.54. The first-order chi connectivity index (χ1) is 11.9. The quantitative estimate of drug-likeness (QED) is 0.326. The summed E-state index contributed by atoms with van der Waals surface area (Å²) in [6, 6.07) is 0. The van der Waals surface area contributed by atoms with Crippen LogP contribution in [0.2, 0.25) is 0 Å². The molecule has 3 nitrogen and oxygen atoms in total. The van der Waals surface area contributed by atoms with Crippen molar-refractivity contribution in [2.24, 2.45) is 0 Å². The van der Waals surface area contributed by atoms with Crippen LogP contribution in [-0.2, 0) is 12.8 Å². The molecule has 0 bridgehead atoms. The number of hydrogen-bond donors (Lipinski definition) is 0. The van der Waals surface area contributed by atoms with E-state index in [0.717, 1.165) is 18.5 Å². The van der Waals surface area contributed by atoms with E-state index in [4.69, 9.17) is 0 Å². The molecule has 0 atom stereocenters. The summed E-state index contributed by atoms with van der Waals surface area (Å²) < 4.78 is 0. The van der Waals surface area contributed by atoms with Crippen molar-refractivity contribution in [3.8, 4) is 0 Å². The molecule has 138 valence electrons. The van der Waals surface area contributed by atoms with E-state index in [2.05, 4.69) is 29.0 Å². The number of nitrogens with zero attached hydrogens (tertiary/aromatic N) is 3. The Morgan fingerprint density at radius 1 is 0.583 bits per heavy atom. The standard InChI is InChI=1S/C21H39N3/c1-3-5-7-9-11-13-15-17-20-21(24-23-19-22-20)18-16-14-12-10-8-6-4-2/h19H,3-18H2,1-2H3. The minimum absolute atomic E-state index is 1.06. The van der Waals surface area contributed by atoms with Crippen LogP contribution in [0.5, 0.6) is 0 Å². The van der Waals surface area contributed by atoms with Crippen molar-refractivity contribution in [3.63, 3.8) is 0 Å². The molecule has 0 aliphatic rings. The van der Waals surface area contributed by atoms with E-state index < -0.39 is 0 Å². The third-order valence-electron chi connectivity index (χ3n) is 4.81. The predicted molar refractivity (Wildman–Crippen MR) is 103 cm³/mol. The maximum absolute atomic E-state index is 4.49. The Morgan fingerprint density at radius 2 is 1.04 bits per heavy atom. The van der Waals surface area contributed by atoms with Crippen LogP contribution in [0.3, 0.4) is 0 Å². The summed E-state index contributed by atoms with van der Waals surface area (Å²) in [5.74, 6) is 0. The Kier molecular flexibility index (Phi) is 13.6. The number of aromatic nitrogens is 3. The molecule has 0 radical (unpaired) electrons. The highest BCUT2D eigenvalue weighted by atomic mass is 15.1. The summed E-state index contributed by atoms with van der Waals surface area (Å²) in [5.41, 5.74) is 2.35. The molecule has 0 aliphatic heterocycles. The van der Waals surface area contributed by atoms with Crippen LogP contribution in [0.4, 0.5) is 0 Å². The van der Waals surface area contributed by atoms with Gasteiger partial charge in [-0.25, -0.2) is 4.98 Å². The van der Waals surface area contributed by atoms with Gasteiger partial charge < -0.3 is 0 Å². The largest absolute Gasteiger partial charge is 0.238 e. The van der Waals surface area contributed by atoms with Crippen molar-refractivity contribution in [2.45, 2.75) is 117 Å². The van der Waals surface area contributed by atoms with E-state index in [1.165, 1.54) is 95.6 Å². The van der Waals surface area contributed by atoms with Gasteiger partial charge >= 0.3 is 0 Å². The second kappa shape index (κ2) is 15.5. The van der Waals surface area contributed by atoms with Crippen LogP contribution < -0.4 is 0 Å². The second-order valence-electron chi connectivity index (χ2n) is 7.10. The van der Waals surface area contributed by atoms with Crippen molar-refractivity contribution < 1.29 is 0 Å². The molecular weight excluding hydrogens is 294 g/mol. The highest BCUT2D eigenvalue weighted by Crippen LogP contribution is 2.14. The number of hydrogen-bond acceptors (Lipinski definition) is 3. The van der Waals surface area contributed by atoms with Crippen molar-refractivity contribution >= 4 is 0 Å². The van der Waals surface area contributed by atoms with Gasteiger partial charge in [0.15, 0.2) is 0 Å². The highest BCUT2D eigenvalue weighted by Gasteiger charge is 2.06. The van der Waals surface area contributed by atoms with Gasteiger partial charge in [0.05, 0.1) is 11.4 Å². The zero-order valence-electron chi connectivity index (χ0n) is 16.2. The molecular formula is C21H39N3. The SMILES string of the molecule is CCCCCCCCCc1ncnnc1CCCCCCCCC. The van der Waals surface area contributed by atoms with Gasteiger partial charge in [0.25, 0.3) is 0 Å². The van der Waals surface area contributed by atoms with Gasteiger partial charge in [-0.15, -0.1) is 5.10 Å². The Balaban J connectivity index is 2.14. The maximum Gasteiger partial charge on any atom is 0.138 e. The lowest BCUT2D eigenvalue weighted by molar-refractivity contribution is 0.575. The summed E-state index contributed by atoms with van der Waals surface area (Å²) in [6.07, 6.45) is 22.6. The molecule has 24 heavy (non-hydrogen) atoms. The molecule has 3 heteroatoms. The zero-order valence-corrected chi connectivity index (χ0v) is 16.2. The molecule has 1 aromatic rings. The molecule has 0 unspecified atom stereocenters. The van der Waals surface area contributed by atoms with Crippen molar-refractivity contribution in [2.75, 3.05) is 0 Å². The van der Waals surface area contributed by atoms with Crippen LogP contribution in [0.25, 0.3) is 0 Å². The fourth-order valence-electron chi connectivity index (χ4n) is 3.23. The molecule has 0 amide bonds. The number of aryl methyl sites for hydroxylation is 2. The summed E-state index contributed by atoms with van der Waals surface area (Å²) in [4.78, 5) is 4.49. The van der Waals surface area contributed by atoms with Gasteiger partial charge in [-0.3, -0.25) is 0 Å². The van der Waals surface area contributed by atoms with E-state index >= 15 is 0 Å². The monoisotopic (exact) mass is 333 g/mol. The lowest BCUT2D eigenvalue weighted by Crippen LogP contribution is -2.03. The number of unbranched alkanes of at least 4 members (excludes halogenated alkanes) is 12. The van der Waals surface area contributed by atoms with Crippen molar-refractivity contribution in [3.05, 3.63) is 17.7 Å². The zero-order chi connectivity index (χ0) is 17.3. The van der Waals surface area contributed by atoms with E-state index in [1.807, 2.05) is 0 Å². The van der Waals surface area contributed by atoms with E-state index in [-0.39, 0.29) is 0 Å². The van der Waals surface area contributed by atoms with Gasteiger partial charge in [-0.1, -0.05) is 90.9 Å². The molecule has 0 aliphatic carbocycles. The summed E-state index contributed by atoms with van der Waals surface area (Å²) in [5, 5.41) is 8.35.